The molecule has 1 saturated heterocycles. The number of amides is 1. The minimum atomic E-state index is -0.718. The standard InChI is InChI=1S/C29H34Cl2N2O4/c1-19(34)37-29-10-9-23(32-27(36)14-21-7-8-25(30)26(31)13-21)16-28(29,22-3-2-4-24(35)15-22)11-12-33(18-29)17-20-5-6-20/h2-4,7-8,13,15,20,23,35H,5-6,9-12,14,16-18H2,1H3,(H,32,36). The summed E-state index contributed by atoms with van der Waals surface area (Å²) in [7, 11) is 0. The number of phenols is 1. The number of fused-ring (bicyclic) bond motifs is 1. The molecule has 2 aliphatic carbocycles. The van der Waals surface area contributed by atoms with Gasteiger partial charge >= 0.3 is 5.97 Å². The van der Waals surface area contributed by atoms with Crippen LogP contribution in [-0.4, -0.2) is 53.2 Å². The number of esters is 1. The molecule has 3 aliphatic rings. The highest BCUT2D eigenvalue weighted by atomic mass is 35.5. The second-order valence-corrected chi connectivity index (χ2v) is 11.9. The number of carbonyl (C=O) groups excluding carboxylic acids is 2. The number of nitrogens with one attached hydrogen (secondary N) is 1. The molecule has 2 N–H and O–H groups in total. The molecule has 0 bridgehead atoms. The first-order valence-corrected chi connectivity index (χ1v) is 13.9. The highest BCUT2D eigenvalue weighted by Gasteiger charge is 2.61. The summed E-state index contributed by atoms with van der Waals surface area (Å²) in [6.07, 6.45) is 5.50. The Morgan fingerprint density at radius 1 is 1.11 bits per heavy atom. The lowest BCUT2D eigenvalue weighted by Gasteiger charge is -2.59. The van der Waals surface area contributed by atoms with Crippen molar-refractivity contribution in [3.8, 4) is 5.75 Å². The minimum Gasteiger partial charge on any atom is -0.508 e. The van der Waals surface area contributed by atoms with E-state index in [1.165, 1.54) is 19.8 Å². The van der Waals surface area contributed by atoms with Gasteiger partial charge in [0.15, 0.2) is 0 Å². The maximum Gasteiger partial charge on any atom is 0.303 e. The summed E-state index contributed by atoms with van der Waals surface area (Å²) < 4.78 is 6.28. The molecule has 3 atom stereocenters. The van der Waals surface area contributed by atoms with E-state index in [0.717, 1.165) is 36.6 Å². The van der Waals surface area contributed by atoms with Gasteiger partial charge in [0.25, 0.3) is 0 Å². The first kappa shape index (κ1) is 26.3. The second-order valence-electron chi connectivity index (χ2n) is 11.1. The average Bonchev–Trinajstić information content (AvgIpc) is 3.65. The topological polar surface area (TPSA) is 78.9 Å². The number of hydrogen-bond donors (Lipinski definition) is 2. The van der Waals surface area contributed by atoms with E-state index >= 15 is 0 Å². The monoisotopic (exact) mass is 544 g/mol. The molecule has 198 valence electrons. The van der Waals surface area contributed by atoms with Crippen molar-refractivity contribution < 1.29 is 19.4 Å². The molecule has 2 saturated carbocycles. The third-order valence-electron chi connectivity index (χ3n) is 8.36. The van der Waals surface area contributed by atoms with Gasteiger partial charge in [0.2, 0.25) is 5.91 Å². The Hall–Kier alpha value is -2.28. The number of aromatic hydroxyl groups is 1. The van der Waals surface area contributed by atoms with Gasteiger partial charge in [0.05, 0.1) is 16.5 Å². The number of benzene rings is 2. The molecule has 0 radical (unpaired) electrons. The van der Waals surface area contributed by atoms with E-state index in [1.807, 2.05) is 18.2 Å². The van der Waals surface area contributed by atoms with Crippen LogP contribution in [0.4, 0.5) is 0 Å². The van der Waals surface area contributed by atoms with Gasteiger partial charge in [-0.3, -0.25) is 14.5 Å². The van der Waals surface area contributed by atoms with E-state index < -0.39 is 11.0 Å². The summed E-state index contributed by atoms with van der Waals surface area (Å²) in [4.78, 5) is 28.0. The predicted molar refractivity (Wildman–Crippen MR) is 144 cm³/mol. The van der Waals surface area contributed by atoms with Crippen molar-refractivity contribution in [2.75, 3.05) is 19.6 Å². The molecule has 2 aromatic carbocycles. The van der Waals surface area contributed by atoms with Crippen molar-refractivity contribution in [1.82, 2.24) is 10.2 Å². The van der Waals surface area contributed by atoms with Crippen molar-refractivity contribution in [2.24, 2.45) is 5.92 Å². The molecular formula is C29H34Cl2N2O4. The van der Waals surface area contributed by atoms with Crippen molar-refractivity contribution in [3.63, 3.8) is 0 Å². The molecule has 6 nitrogen and oxygen atoms in total. The van der Waals surface area contributed by atoms with Crippen LogP contribution in [-0.2, 0) is 26.2 Å². The molecular weight excluding hydrogens is 511 g/mol. The van der Waals surface area contributed by atoms with E-state index in [0.29, 0.717) is 35.9 Å². The molecule has 2 aromatic rings. The Morgan fingerprint density at radius 2 is 1.92 bits per heavy atom. The van der Waals surface area contributed by atoms with Crippen molar-refractivity contribution in [3.05, 3.63) is 63.6 Å². The molecule has 8 heteroatoms. The number of halogens is 2. The van der Waals surface area contributed by atoms with Crippen molar-refractivity contribution >= 4 is 35.1 Å². The first-order valence-electron chi connectivity index (χ1n) is 13.1. The summed E-state index contributed by atoms with van der Waals surface area (Å²) in [6, 6.07) is 12.5. The van der Waals surface area contributed by atoms with E-state index in [2.05, 4.69) is 10.2 Å². The molecule has 1 aliphatic heterocycles. The molecule has 1 heterocycles. The van der Waals surface area contributed by atoms with Crippen LogP contribution in [0.15, 0.2) is 42.5 Å². The van der Waals surface area contributed by atoms with Gasteiger partial charge < -0.3 is 15.2 Å². The summed E-state index contributed by atoms with van der Waals surface area (Å²) in [5.41, 5.74) is 0.526. The molecule has 3 unspecified atom stereocenters. The van der Waals surface area contributed by atoms with Crippen LogP contribution in [0, 0.1) is 5.92 Å². The van der Waals surface area contributed by atoms with Gasteiger partial charge in [-0.05, 0) is 86.4 Å². The molecule has 0 aromatic heterocycles. The number of phenolic OH excluding ortho intramolecular Hbond substituents is 1. The third kappa shape index (κ3) is 5.62. The van der Waals surface area contributed by atoms with Gasteiger partial charge in [0.1, 0.15) is 11.4 Å². The SMILES string of the molecule is CC(=O)OC12CCC(NC(=O)Cc3ccc(Cl)c(Cl)c3)CC1(c1cccc(O)c1)CCN(CC1CC1)C2. The van der Waals surface area contributed by atoms with E-state index in [-0.39, 0.29) is 30.1 Å². The van der Waals surface area contributed by atoms with Gasteiger partial charge in [-0.15, -0.1) is 0 Å². The van der Waals surface area contributed by atoms with Crippen LogP contribution in [0.2, 0.25) is 10.0 Å². The zero-order chi connectivity index (χ0) is 26.2. The lowest BCUT2D eigenvalue weighted by molar-refractivity contribution is -0.187. The molecule has 5 rings (SSSR count). The fourth-order valence-corrected chi connectivity index (χ4v) is 6.87. The number of rotatable bonds is 7. The van der Waals surface area contributed by atoms with Gasteiger partial charge in [0, 0.05) is 31.5 Å². The highest BCUT2D eigenvalue weighted by Crippen LogP contribution is 2.54. The average molecular weight is 546 g/mol. The number of piperidine rings is 1. The number of nitrogens with zero attached hydrogens (tertiary/aromatic N) is 1. The highest BCUT2D eigenvalue weighted by molar-refractivity contribution is 6.42. The largest absolute Gasteiger partial charge is 0.508 e. The fraction of sp³-hybridized carbons (Fsp3) is 0.517. The second kappa shape index (κ2) is 10.5. The van der Waals surface area contributed by atoms with Gasteiger partial charge in [-0.25, -0.2) is 0 Å². The number of ether oxygens (including phenoxy) is 1. The van der Waals surface area contributed by atoms with Crippen LogP contribution in [0.5, 0.6) is 5.75 Å². The Morgan fingerprint density at radius 3 is 2.62 bits per heavy atom. The van der Waals surface area contributed by atoms with Gasteiger partial charge in [-0.1, -0.05) is 41.4 Å². The summed E-state index contributed by atoms with van der Waals surface area (Å²) in [5, 5.41) is 14.5. The number of carbonyl (C=O) groups is 2. The van der Waals surface area contributed by atoms with Crippen molar-refractivity contribution in [1.29, 1.82) is 0 Å². The van der Waals surface area contributed by atoms with E-state index in [1.54, 1.807) is 24.3 Å². The lowest BCUT2D eigenvalue weighted by Crippen LogP contribution is -2.68. The van der Waals surface area contributed by atoms with Crippen molar-refractivity contribution in [2.45, 2.75) is 68.9 Å². The Labute approximate surface area is 228 Å². The van der Waals surface area contributed by atoms with E-state index in [9.17, 15) is 14.7 Å². The maximum atomic E-state index is 13.0. The Bertz CT molecular complexity index is 1190. The molecule has 37 heavy (non-hydrogen) atoms. The summed E-state index contributed by atoms with van der Waals surface area (Å²) >= 11 is 12.2. The van der Waals surface area contributed by atoms with Crippen LogP contribution in [0.25, 0.3) is 0 Å². The van der Waals surface area contributed by atoms with Crippen LogP contribution in [0.1, 0.15) is 56.6 Å². The van der Waals surface area contributed by atoms with Crippen LogP contribution >= 0.6 is 23.2 Å². The zero-order valence-corrected chi connectivity index (χ0v) is 22.7. The quantitative estimate of drug-likeness (QED) is 0.464. The molecule has 0 spiro atoms. The minimum absolute atomic E-state index is 0.0828. The summed E-state index contributed by atoms with van der Waals surface area (Å²) in [5.74, 6) is 0.551. The Kier molecular flexibility index (Phi) is 7.45. The Balaban J connectivity index is 1.42. The maximum absolute atomic E-state index is 13.0. The fourth-order valence-electron chi connectivity index (χ4n) is 6.55. The lowest BCUT2D eigenvalue weighted by atomic mass is 9.55. The summed E-state index contributed by atoms with van der Waals surface area (Å²) in [6.45, 7) is 4.07. The molecule has 1 amide bonds. The normalized spacial score (nSPS) is 27.8. The smallest absolute Gasteiger partial charge is 0.303 e. The third-order valence-corrected chi connectivity index (χ3v) is 9.10. The first-order chi connectivity index (χ1) is 17.7. The van der Waals surface area contributed by atoms with Crippen LogP contribution in [0.3, 0.4) is 0 Å². The van der Waals surface area contributed by atoms with E-state index in [4.69, 9.17) is 27.9 Å². The van der Waals surface area contributed by atoms with Crippen LogP contribution < -0.4 is 5.32 Å². The number of hydrogen-bond acceptors (Lipinski definition) is 5. The molecule has 3 fully saturated rings. The predicted octanol–water partition coefficient (Wildman–Crippen LogP) is 5.27. The zero-order valence-electron chi connectivity index (χ0n) is 21.1. The van der Waals surface area contributed by atoms with Gasteiger partial charge in [-0.2, -0.15) is 0 Å². The number of likely N-dealkylation sites (tertiary alicyclic amines) is 1.